The standard InChI is InChI=1S/C12H10F3N3O2/c13-12(14,15)10(18-11-7-16-3-4-17-11)6-8(19)9-2-1-5-20-9/h1-5,7,10H,6H2,(H,17,18). The summed E-state index contributed by atoms with van der Waals surface area (Å²) in [6.07, 6.45) is -0.415. The van der Waals surface area contributed by atoms with Crippen LogP contribution in [0.4, 0.5) is 19.0 Å². The predicted octanol–water partition coefficient (Wildman–Crippen LogP) is 2.69. The number of nitrogens with zero attached hydrogens (tertiary/aromatic N) is 2. The lowest BCUT2D eigenvalue weighted by atomic mass is 10.1. The van der Waals surface area contributed by atoms with E-state index in [1.54, 1.807) is 0 Å². The van der Waals surface area contributed by atoms with E-state index in [0.717, 1.165) is 6.20 Å². The Hall–Kier alpha value is -2.38. The lowest BCUT2D eigenvalue weighted by molar-refractivity contribution is -0.141. The van der Waals surface area contributed by atoms with Gasteiger partial charge in [0.25, 0.3) is 0 Å². The highest BCUT2D eigenvalue weighted by Gasteiger charge is 2.41. The van der Waals surface area contributed by atoms with Gasteiger partial charge in [0.2, 0.25) is 0 Å². The van der Waals surface area contributed by atoms with Gasteiger partial charge in [-0.25, -0.2) is 4.98 Å². The Morgan fingerprint density at radius 3 is 2.75 bits per heavy atom. The summed E-state index contributed by atoms with van der Waals surface area (Å²) in [6.45, 7) is 0. The van der Waals surface area contributed by atoms with Crippen molar-refractivity contribution in [3.8, 4) is 0 Å². The van der Waals surface area contributed by atoms with Crippen LogP contribution in [0.25, 0.3) is 0 Å². The molecule has 2 aromatic rings. The first kappa shape index (κ1) is 14.0. The zero-order valence-electron chi connectivity index (χ0n) is 10.1. The Morgan fingerprint density at radius 2 is 2.20 bits per heavy atom. The lowest BCUT2D eigenvalue weighted by Crippen LogP contribution is -2.38. The second kappa shape index (κ2) is 5.72. The minimum Gasteiger partial charge on any atom is -0.461 e. The highest BCUT2D eigenvalue weighted by molar-refractivity contribution is 5.94. The molecule has 20 heavy (non-hydrogen) atoms. The van der Waals surface area contributed by atoms with Gasteiger partial charge in [0.1, 0.15) is 11.9 Å². The number of carbonyl (C=O) groups is 1. The van der Waals surface area contributed by atoms with Crippen molar-refractivity contribution in [1.82, 2.24) is 9.97 Å². The summed E-state index contributed by atoms with van der Waals surface area (Å²) in [5, 5.41) is 2.15. The molecule has 8 heteroatoms. The molecule has 1 unspecified atom stereocenters. The summed E-state index contributed by atoms with van der Waals surface area (Å²) >= 11 is 0. The summed E-state index contributed by atoms with van der Waals surface area (Å²) in [7, 11) is 0. The quantitative estimate of drug-likeness (QED) is 0.855. The molecule has 1 N–H and O–H groups in total. The minimum absolute atomic E-state index is 0.0536. The SMILES string of the molecule is O=C(CC(Nc1cnccn1)C(F)(F)F)c1ccco1. The summed E-state index contributed by atoms with van der Waals surface area (Å²) < 4.78 is 43.5. The summed E-state index contributed by atoms with van der Waals surface area (Å²) in [4.78, 5) is 19.0. The maximum Gasteiger partial charge on any atom is 0.409 e. The van der Waals surface area contributed by atoms with E-state index in [0.29, 0.717) is 0 Å². The van der Waals surface area contributed by atoms with Crippen molar-refractivity contribution in [1.29, 1.82) is 0 Å². The Bertz CT molecular complexity index is 555. The number of ketones is 1. The van der Waals surface area contributed by atoms with Crippen molar-refractivity contribution in [2.75, 3.05) is 5.32 Å². The number of hydrogen-bond acceptors (Lipinski definition) is 5. The fourth-order valence-corrected chi connectivity index (χ4v) is 1.52. The van der Waals surface area contributed by atoms with Gasteiger partial charge in [0, 0.05) is 18.8 Å². The highest BCUT2D eigenvalue weighted by atomic mass is 19.4. The van der Waals surface area contributed by atoms with Crippen LogP contribution in [0.15, 0.2) is 41.4 Å². The molecule has 0 fully saturated rings. The third kappa shape index (κ3) is 3.56. The van der Waals surface area contributed by atoms with E-state index >= 15 is 0 Å². The molecular formula is C12H10F3N3O2. The minimum atomic E-state index is -4.60. The molecule has 2 aromatic heterocycles. The largest absolute Gasteiger partial charge is 0.461 e. The van der Waals surface area contributed by atoms with Gasteiger partial charge in [0.15, 0.2) is 11.5 Å². The van der Waals surface area contributed by atoms with E-state index in [1.807, 2.05) is 0 Å². The van der Waals surface area contributed by atoms with Crippen LogP contribution >= 0.6 is 0 Å². The molecule has 0 spiro atoms. The molecule has 0 aliphatic rings. The second-order valence-electron chi connectivity index (χ2n) is 3.93. The van der Waals surface area contributed by atoms with Crippen LogP contribution in [-0.2, 0) is 0 Å². The normalized spacial score (nSPS) is 12.9. The molecule has 5 nitrogen and oxygen atoms in total. The van der Waals surface area contributed by atoms with Crippen LogP contribution in [0.2, 0.25) is 0 Å². The molecule has 2 rings (SSSR count). The topological polar surface area (TPSA) is 68.0 Å². The van der Waals surface area contributed by atoms with Crippen LogP contribution < -0.4 is 5.32 Å². The molecule has 0 aliphatic carbocycles. The Morgan fingerprint density at radius 1 is 1.40 bits per heavy atom. The maximum atomic E-state index is 12.9. The molecule has 106 valence electrons. The van der Waals surface area contributed by atoms with Gasteiger partial charge >= 0.3 is 6.18 Å². The number of hydrogen-bond donors (Lipinski definition) is 1. The number of nitrogens with one attached hydrogen (secondary N) is 1. The summed E-state index contributed by atoms with van der Waals surface area (Å²) in [5.41, 5.74) is 0. The third-order valence-electron chi connectivity index (χ3n) is 2.47. The maximum absolute atomic E-state index is 12.9. The first-order valence-electron chi connectivity index (χ1n) is 5.63. The van der Waals surface area contributed by atoms with Crippen LogP contribution in [0.5, 0.6) is 0 Å². The molecule has 0 aliphatic heterocycles. The van der Waals surface area contributed by atoms with Crippen molar-refractivity contribution in [3.05, 3.63) is 42.7 Å². The molecule has 0 radical (unpaired) electrons. The number of carbonyl (C=O) groups excluding carboxylic acids is 1. The molecule has 0 amide bonds. The predicted molar refractivity (Wildman–Crippen MR) is 63.2 cm³/mol. The number of halogens is 3. The van der Waals surface area contributed by atoms with Crippen molar-refractivity contribution in [2.45, 2.75) is 18.6 Å². The van der Waals surface area contributed by atoms with Gasteiger partial charge < -0.3 is 9.73 Å². The van der Waals surface area contributed by atoms with Crippen LogP contribution in [-0.4, -0.2) is 28.0 Å². The molecule has 0 bridgehead atoms. The first-order chi connectivity index (χ1) is 9.47. The second-order valence-corrected chi connectivity index (χ2v) is 3.93. The van der Waals surface area contributed by atoms with Crippen molar-refractivity contribution in [3.63, 3.8) is 0 Å². The van der Waals surface area contributed by atoms with E-state index in [2.05, 4.69) is 15.3 Å². The third-order valence-corrected chi connectivity index (χ3v) is 2.47. The highest BCUT2D eigenvalue weighted by Crippen LogP contribution is 2.26. The number of Topliss-reactive ketones (excluding diaryl/α,β-unsaturated/α-hetero) is 1. The Labute approximate surface area is 111 Å². The number of anilines is 1. The smallest absolute Gasteiger partial charge is 0.409 e. The van der Waals surface area contributed by atoms with E-state index < -0.39 is 24.4 Å². The molecule has 2 heterocycles. The fourth-order valence-electron chi connectivity index (χ4n) is 1.52. The number of furan rings is 1. The van der Waals surface area contributed by atoms with E-state index in [4.69, 9.17) is 4.42 Å². The van der Waals surface area contributed by atoms with Gasteiger partial charge in [-0.3, -0.25) is 9.78 Å². The molecule has 0 saturated carbocycles. The zero-order chi connectivity index (χ0) is 14.6. The van der Waals surface area contributed by atoms with Crippen molar-refractivity contribution < 1.29 is 22.4 Å². The number of aromatic nitrogens is 2. The lowest BCUT2D eigenvalue weighted by Gasteiger charge is -2.20. The Kier molecular flexibility index (Phi) is 4.02. The zero-order valence-corrected chi connectivity index (χ0v) is 10.1. The van der Waals surface area contributed by atoms with Crippen LogP contribution in [0.1, 0.15) is 17.0 Å². The van der Waals surface area contributed by atoms with E-state index in [9.17, 15) is 18.0 Å². The van der Waals surface area contributed by atoms with Crippen LogP contribution in [0, 0.1) is 0 Å². The van der Waals surface area contributed by atoms with Gasteiger partial charge in [0.05, 0.1) is 12.5 Å². The molecule has 1 atom stereocenters. The number of alkyl halides is 3. The fraction of sp³-hybridized carbons (Fsp3) is 0.250. The monoisotopic (exact) mass is 285 g/mol. The average Bonchev–Trinajstić information content (AvgIpc) is 2.92. The average molecular weight is 285 g/mol. The van der Waals surface area contributed by atoms with Crippen LogP contribution in [0.3, 0.4) is 0 Å². The summed E-state index contributed by atoms with van der Waals surface area (Å²) in [6, 6.07) is 0.695. The van der Waals surface area contributed by atoms with Crippen molar-refractivity contribution >= 4 is 11.6 Å². The summed E-state index contributed by atoms with van der Waals surface area (Å²) in [5.74, 6) is -0.906. The van der Waals surface area contributed by atoms with E-state index in [1.165, 1.54) is 30.8 Å². The van der Waals surface area contributed by atoms with Gasteiger partial charge in [-0.15, -0.1) is 0 Å². The van der Waals surface area contributed by atoms with Gasteiger partial charge in [-0.1, -0.05) is 0 Å². The van der Waals surface area contributed by atoms with Crippen molar-refractivity contribution in [2.24, 2.45) is 0 Å². The molecule has 0 saturated heterocycles. The molecular weight excluding hydrogens is 275 g/mol. The van der Waals surface area contributed by atoms with E-state index in [-0.39, 0.29) is 11.6 Å². The molecule has 0 aromatic carbocycles. The first-order valence-corrected chi connectivity index (χ1v) is 5.63. The Balaban J connectivity index is 2.11. The van der Waals surface area contributed by atoms with Gasteiger partial charge in [-0.05, 0) is 12.1 Å². The number of rotatable bonds is 5. The van der Waals surface area contributed by atoms with Gasteiger partial charge in [-0.2, -0.15) is 13.2 Å².